The molecule has 0 spiro atoms. The SMILES string of the molecule is CCc1ccc(C(=O)Nc2ncc(Br)nc2Br)o1. The largest absolute Gasteiger partial charge is 0.456 e. The topological polar surface area (TPSA) is 68.0 Å². The lowest BCUT2D eigenvalue weighted by Crippen LogP contribution is -2.13. The van der Waals surface area contributed by atoms with Gasteiger partial charge in [0.15, 0.2) is 11.6 Å². The Hall–Kier alpha value is -1.21. The van der Waals surface area contributed by atoms with Gasteiger partial charge in [0.05, 0.1) is 6.20 Å². The first-order valence-electron chi connectivity index (χ1n) is 5.18. The predicted molar refractivity (Wildman–Crippen MR) is 73.5 cm³/mol. The summed E-state index contributed by atoms with van der Waals surface area (Å²) in [4.78, 5) is 20.0. The van der Waals surface area contributed by atoms with Gasteiger partial charge in [-0.25, -0.2) is 9.97 Å². The Balaban J connectivity index is 2.16. The summed E-state index contributed by atoms with van der Waals surface area (Å²) < 4.78 is 6.38. The Labute approximate surface area is 120 Å². The van der Waals surface area contributed by atoms with E-state index in [2.05, 4.69) is 47.1 Å². The van der Waals surface area contributed by atoms with Crippen LogP contribution in [0.1, 0.15) is 23.2 Å². The first-order valence-corrected chi connectivity index (χ1v) is 6.77. The third kappa shape index (κ3) is 2.97. The lowest BCUT2D eigenvalue weighted by atomic mass is 10.3. The summed E-state index contributed by atoms with van der Waals surface area (Å²) in [6, 6.07) is 3.41. The quantitative estimate of drug-likeness (QED) is 0.893. The first-order chi connectivity index (χ1) is 8.60. The van der Waals surface area contributed by atoms with Crippen molar-refractivity contribution in [2.45, 2.75) is 13.3 Å². The van der Waals surface area contributed by atoms with E-state index in [-0.39, 0.29) is 11.7 Å². The minimum absolute atomic E-state index is 0.253. The van der Waals surface area contributed by atoms with E-state index >= 15 is 0 Å². The molecule has 2 aromatic heterocycles. The molecule has 0 saturated heterocycles. The van der Waals surface area contributed by atoms with Gasteiger partial charge in [0.1, 0.15) is 15.0 Å². The predicted octanol–water partition coefficient (Wildman–Crippen LogP) is 3.41. The van der Waals surface area contributed by atoms with Crippen molar-refractivity contribution < 1.29 is 9.21 Å². The fourth-order valence-electron chi connectivity index (χ4n) is 1.29. The van der Waals surface area contributed by atoms with Crippen molar-refractivity contribution in [3.8, 4) is 0 Å². The van der Waals surface area contributed by atoms with Crippen LogP contribution in [0, 0.1) is 0 Å². The third-order valence-corrected chi connectivity index (χ3v) is 3.10. The van der Waals surface area contributed by atoms with E-state index in [1.807, 2.05) is 6.92 Å². The zero-order chi connectivity index (χ0) is 13.1. The summed E-state index contributed by atoms with van der Waals surface area (Å²) in [7, 11) is 0. The van der Waals surface area contributed by atoms with Crippen LogP contribution in [0.15, 0.2) is 32.0 Å². The summed E-state index contributed by atoms with van der Waals surface area (Å²) in [6.07, 6.45) is 2.25. The van der Waals surface area contributed by atoms with Crippen LogP contribution < -0.4 is 5.32 Å². The number of carbonyl (C=O) groups excluding carboxylic acids is 1. The molecular formula is C11H9Br2N3O2. The summed E-state index contributed by atoms with van der Waals surface area (Å²) in [6.45, 7) is 1.96. The Kier molecular flexibility index (Phi) is 4.13. The lowest BCUT2D eigenvalue weighted by molar-refractivity contribution is 0.0994. The number of furan rings is 1. The van der Waals surface area contributed by atoms with Gasteiger partial charge in [-0.2, -0.15) is 0 Å². The van der Waals surface area contributed by atoms with Gasteiger partial charge in [-0.3, -0.25) is 4.79 Å². The van der Waals surface area contributed by atoms with Crippen LogP contribution in [0.5, 0.6) is 0 Å². The highest BCUT2D eigenvalue weighted by Gasteiger charge is 2.13. The number of hydrogen-bond acceptors (Lipinski definition) is 4. The minimum atomic E-state index is -0.355. The number of halogens is 2. The summed E-state index contributed by atoms with van der Waals surface area (Å²) >= 11 is 6.40. The van der Waals surface area contributed by atoms with Gasteiger partial charge in [0.25, 0.3) is 5.91 Å². The van der Waals surface area contributed by atoms with Crippen molar-refractivity contribution in [1.29, 1.82) is 0 Å². The maximum atomic E-state index is 11.9. The summed E-state index contributed by atoms with van der Waals surface area (Å²) in [5, 5.41) is 2.62. The molecule has 0 aliphatic rings. The number of rotatable bonds is 3. The molecule has 0 fully saturated rings. The molecule has 2 heterocycles. The van der Waals surface area contributed by atoms with E-state index in [1.165, 1.54) is 6.20 Å². The first kappa shape index (κ1) is 13.2. The molecular weight excluding hydrogens is 366 g/mol. The van der Waals surface area contributed by atoms with Gasteiger partial charge in [-0.05, 0) is 44.0 Å². The lowest BCUT2D eigenvalue weighted by Gasteiger charge is -2.03. The van der Waals surface area contributed by atoms with Crippen molar-refractivity contribution in [2.24, 2.45) is 0 Å². The molecule has 94 valence electrons. The van der Waals surface area contributed by atoms with E-state index in [0.29, 0.717) is 15.0 Å². The molecule has 7 heteroatoms. The number of carbonyl (C=O) groups is 1. The van der Waals surface area contributed by atoms with Crippen LogP contribution in [0.2, 0.25) is 0 Å². The molecule has 2 aromatic rings. The highest BCUT2D eigenvalue weighted by Crippen LogP contribution is 2.20. The molecule has 0 radical (unpaired) electrons. The smallest absolute Gasteiger partial charge is 0.292 e. The molecule has 0 atom stereocenters. The zero-order valence-electron chi connectivity index (χ0n) is 9.41. The second-order valence-corrected chi connectivity index (χ2v) is 4.97. The van der Waals surface area contributed by atoms with E-state index < -0.39 is 0 Å². The van der Waals surface area contributed by atoms with Crippen LogP contribution in [-0.4, -0.2) is 15.9 Å². The highest BCUT2D eigenvalue weighted by atomic mass is 79.9. The molecule has 0 aromatic carbocycles. The molecule has 0 aliphatic carbocycles. The number of anilines is 1. The average molecular weight is 375 g/mol. The molecule has 0 unspecified atom stereocenters. The van der Waals surface area contributed by atoms with Gasteiger partial charge in [-0.15, -0.1) is 0 Å². The van der Waals surface area contributed by atoms with Crippen molar-refractivity contribution in [1.82, 2.24) is 9.97 Å². The molecule has 1 N–H and O–H groups in total. The van der Waals surface area contributed by atoms with Crippen LogP contribution >= 0.6 is 31.9 Å². The Morgan fingerprint density at radius 3 is 2.83 bits per heavy atom. The molecule has 1 amide bonds. The Morgan fingerprint density at radius 1 is 1.44 bits per heavy atom. The van der Waals surface area contributed by atoms with Crippen molar-refractivity contribution >= 4 is 43.6 Å². The van der Waals surface area contributed by atoms with Gasteiger partial charge in [0, 0.05) is 6.42 Å². The second kappa shape index (κ2) is 5.62. The van der Waals surface area contributed by atoms with Crippen LogP contribution in [0.4, 0.5) is 5.82 Å². The Bertz CT molecular complexity index is 583. The molecule has 0 bridgehead atoms. The molecule has 0 aliphatic heterocycles. The van der Waals surface area contributed by atoms with Gasteiger partial charge in [-0.1, -0.05) is 6.92 Å². The summed E-state index contributed by atoms with van der Waals surface area (Å²) in [5.41, 5.74) is 0. The number of amides is 1. The minimum Gasteiger partial charge on any atom is -0.456 e. The van der Waals surface area contributed by atoms with E-state index in [4.69, 9.17) is 4.42 Å². The average Bonchev–Trinajstić information content (AvgIpc) is 2.81. The number of aryl methyl sites for hydroxylation is 1. The summed E-state index contributed by atoms with van der Waals surface area (Å²) in [5.74, 6) is 1.01. The standard InChI is InChI=1S/C11H9Br2N3O2/c1-2-6-3-4-7(18-6)11(17)16-10-9(13)15-8(12)5-14-10/h3-5H,2H2,1H3,(H,14,16,17). The normalized spacial score (nSPS) is 10.4. The highest BCUT2D eigenvalue weighted by molar-refractivity contribution is 9.11. The van der Waals surface area contributed by atoms with E-state index in [1.54, 1.807) is 12.1 Å². The maximum absolute atomic E-state index is 11.9. The number of aromatic nitrogens is 2. The number of hydrogen-bond donors (Lipinski definition) is 1. The molecule has 5 nitrogen and oxygen atoms in total. The monoisotopic (exact) mass is 373 g/mol. The third-order valence-electron chi connectivity index (χ3n) is 2.17. The van der Waals surface area contributed by atoms with Crippen molar-refractivity contribution in [2.75, 3.05) is 5.32 Å². The van der Waals surface area contributed by atoms with Crippen molar-refractivity contribution in [3.63, 3.8) is 0 Å². The van der Waals surface area contributed by atoms with E-state index in [9.17, 15) is 4.79 Å². The van der Waals surface area contributed by atoms with E-state index in [0.717, 1.165) is 12.2 Å². The van der Waals surface area contributed by atoms with Crippen LogP contribution in [0.25, 0.3) is 0 Å². The molecule has 2 rings (SSSR count). The fourth-order valence-corrected chi connectivity index (χ4v) is 2.20. The molecule has 0 saturated carbocycles. The van der Waals surface area contributed by atoms with Gasteiger partial charge >= 0.3 is 0 Å². The maximum Gasteiger partial charge on any atom is 0.292 e. The van der Waals surface area contributed by atoms with Gasteiger partial charge < -0.3 is 9.73 Å². The number of nitrogens with one attached hydrogen (secondary N) is 1. The second-order valence-electron chi connectivity index (χ2n) is 3.41. The van der Waals surface area contributed by atoms with Crippen LogP contribution in [0.3, 0.4) is 0 Å². The molecule has 18 heavy (non-hydrogen) atoms. The Morgan fingerprint density at radius 2 is 2.22 bits per heavy atom. The zero-order valence-corrected chi connectivity index (χ0v) is 12.6. The van der Waals surface area contributed by atoms with Crippen LogP contribution in [-0.2, 0) is 6.42 Å². The fraction of sp³-hybridized carbons (Fsp3) is 0.182. The number of nitrogens with zero attached hydrogens (tertiary/aromatic N) is 2. The van der Waals surface area contributed by atoms with Crippen molar-refractivity contribution in [3.05, 3.63) is 39.1 Å². The van der Waals surface area contributed by atoms with Gasteiger partial charge in [0.2, 0.25) is 0 Å².